The number of aromatic nitrogens is 4. The van der Waals surface area contributed by atoms with E-state index in [4.69, 9.17) is 21.1 Å². The number of rotatable bonds is 5. The maximum absolute atomic E-state index is 13.0. The molecule has 176 valence electrons. The van der Waals surface area contributed by atoms with Gasteiger partial charge in [-0.05, 0) is 37.3 Å². The molecule has 0 unspecified atom stereocenters. The van der Waals surface area contributed by atoms with Crippen LogP contribution in [0.25, 0.3) is 38.5 Å². The van der Waals surface area contributed by atoms with Gasteiger partial charge in [-0.2, -0.15) is 5.10 Å². The third kappa shape index (κ3) is 4.06. The lowest BCUT2D eigenvalue weighted by molar-refractivity contribution is 0.0998. The highest BCUT2D eigenvalue weighted by Gasteiger charge is 2.21. The van der Waals surface area contributed by atoms with E-state index in [1.165, 1.54) is 11.3 Å². The Morgan fingerprint density at radius 3 is 2.50 bits per heavy atom. The molecule has 1 N–H and O–H groups in total. The van der Waals surface area contributed by atoms with E-state index in [1.807, 2.05) is 92.0 Å². The molecule has 0 aliphatic heterocycles. The van der Waals surface area contributed by atoms with Crippen molar-refractivity contribution in [3.05, 3.63) is 101 Å². The van der Waals surface area contributed by atoms with Crippen LogP contribution in [0.5, 0.6) is 0 Å². The van der Waals surface area contributed by atoms with Gasteiger partial charge in [0, 0.05) is 27.7 Å². The third-order valence-electron chi connectivity index (χ3n) is 5.78. The number of anilines is 1. The van der Waals surface area contributed by atoms with E-state index in [2.05, 4.69) is 15.5 Å². The number of nitrogens with one attached hydrogen (secondary N) is 1. The van der Waals surface area contributed by atoms with E-state index >= 15 is 0 Å². The summed E-state index contributed by atoms with van der Waals surface area (Å²) < 4.78 is 7.59. The first-order valence-electron chi connectivity index (χ1n) is 11.1. The second-order valence-corrected chi connectivity index (χ2v) is 9.51. The number of benzene rings is 3. The summed E-state index contributed by atoms with van der Waals surface area (Å²) in [7, 11) is 0. The number of furan rings is 1. The summed E-state index contributed by atoms with van der Waals surface area (Å²) >= 11 is 7.37. The number of hydrogen-bond acceptors (Lipinski definition) is 6. The van der Waals surface area contributed by atoms with Crippen LogP contribution in [0.4, 0.5) is 5.13 Å². The van der Waals surface area contributed by atoms with Crippen molar-refractivity contribution >= 4 is 44.9 Å². The Morgan fingerprint density at radius 1 is 0.972 bits per heavy atom. The zero-order valence-corrected chi connectivity index (χ0v) is 20.5. The lowest BCUT2D eigenvalue weighted by Crippen LogP contribution is -2.11. The molecule has 0 radical (unpaired) electrons. The number of amides is 1. The lowest BCUT2D eigenvalue weighted by Gasteiger charge is -2.01. The van der Waals surface area contributed by atoms with Gasteiger partial charge in [0.25, 0.3) is 5.91 Å². The van der Waals surface area contributed by atoms with Crippen molar-refractivity contribution in [2.45, 2.75) is 6.92 Å². The molecule has 3 heterocycles. The minimum atomic E-state index is -0.371. The molecule has 0 aliphatic rings. The Morgan fingerprint density at radius 2 is 1.72 bits per heavy atom. The molecular formula is C27H18ClN5O2S. The van der Waals surface area contributed by atoms with E-state index in [0.29, 0.717) is 20.7 Å². The summed E-state index contributed by atoms with van der Waals surface area (Å²) in [5.74, 6) is -0.115. The van der Waals surface area contributed by atoms with Crippen molar-refractivity contribution in [3.8, 4) is 27.5 Å². The first-order valence-corrected chi connectivity index (χ1v) is 12.3. The van der Waals surface area contributed by atoms with Crippen molar-refractivity contribution in [1.82, 2.24) is 20.0 Å². The van der Waals surface area contributed by atoms with Gasteiger partial charge >= 0.3 is 0 Å². The summed E-state index contributed by atoms with van der Waals surface area (Å²) in [5.41, 5.74) is 4.78. The minimum absolute atomic E-state index is 0.256. The fourth-order valence-electron chi connectivity index (χ4n) is 3.99. The molecule has 6 rings (SSSR count). The molecule has 0 saturated heterocycles. The van der Waals surface area contributed by atoms with Crippen LogP contribution in [-0.2, 0) is 0 Å². The maximum atomic E-state index is 13.0. The van der Waals surface area contributed by atoms with Gasteiger partial charge in [0.2, 0.25) is 5.13 Å². The van der Waals surface area contributed by atoms with Crippen LogP contribution in [-0.4, -0.2) is 25.9 Å². The number of halogens is 1. The topological polar surface area (TPSA) is 85.8 Å². The SMILES string of the molecule is Cc1c(C(=O)Nc2nnc(-c3cn(-c4ccccc4)nc3-c3ccc(Cl)cc3)s2)oc2ccccc12. The van der Waals surface area contributed by atoms with Gasteiger partial charge in [-0.1, -0.05) is 71.5 Å². The molecule has 0 bridgehead atoms. The van der Waals surface area contributed by atoms with Crippen LogP contribution in [0, 0.1) is 6.92 Å². The van der Waals surface area contributed by atoms with Crippen LogP contribution in [0.15, 0.2) is 89.5 Å². The van der Waals surface area contributed by atoms with E-state index < -0.39 is 0 Å². The van der Waals surface area contributed by atoms with Crippen LogP contribution in [0.3, 0.4) is 0 Å². The van der Waals surface area contributed by atoms with Crippen LogP contribution >= 0.6 is 22.9 Å². The number of para-hydroxylation sites is 2. The molecule has 9 heteroatoms. The highest BCUT2D eigenvalue weighted by molar-refractivity contribution is 7.18. The van der Waals surface area contributed by atoms with Gasteiger partial charge in [-0.25, -0.2) is 4.68 Å². The molecule has 0 aliphatic carbocycles. The molecule has 0 saturated carbocycles. The van der Waals surface area contributed by atoms with Crippen molar-refractivity contribution < 1.29 is 9.21 Å². The lowest BCUT2D eigenvalue weighted by atomic mass is 10.1. The average molecular weight is 512 g/mol. The highest BCUT2D eigenvalue weighted by atomic mass is 35.5. The van der Waals surface area contributed by atoms with Gasteiger partial charge < -0.3 is 4.42 Å². The van der Waals surface area contributed by atoms with Gasteiger partial charge in [0.15, 0.2) is 10.8 Å². The maximum Gasteiger partial charge on any atom is 0.293 e. The number of aryl methyl sites for hydroxylation is 1. The Bertz CT molecular complexity index is 1700. The normalized spacial score (nSPS) is 11.2. The predicted molar refractivity (Wildman–Crippen MR) is 142 cm³/mol. The standard InChI is InChI=1S/C27H18ClN5O2S/c1-16-20-9-5-6-10-22(20)35-24(16)25(34)29-27-31-30-26(36-27)21-15-33(19-7-3-2-4-8-19)32-23(21)17-11-13-18(28)14-12-17/h2-15H,1H3,(H,29,31,34). The molecule has 7 nitrogen and oxygen atoms in total. The zero-order valence-electron chi connectivity index (χ0n) is 19.0. The minimum Gasteiger partial charge on any atom is -0.451 e. The van der Waals surface area contributed by atoms with Gasteiger partial charge in [-0.15, -0.1) is 10.2 Å². The second kappa shape index (κ2) is 9.07. The number of carbonyl (C=O) groups is 1. The van der Waals surface area contributed by atoms with E-state index in [0.717, 1.165) is 33.5 Å². The van der Waals surface area contributed by atoms with Crippen molar-refractivity contribution in [1.29, 1.82) is 0 Å². The summed E-state index contributed by atoms with van der Waals surface area (Å²) in [6.45, 7) is 1.86. The fourth-order valence-corrected chi connectivity index (χ4v) is 4.87. The number of carbonyl (C=O) groups excluding carboxylic acids is 1. The van der Waals surface area contributed by atoms with Gasteiger partial charge in [-0.3, -0.25) is 10.1 Å². The summed E-state index contributed by atoms with van der Waals surface area (Å²) in [5, 5.41) is 18.7. The second-order valence-electron chi connectivity index (χ2n) is 8.10. The largest absolute Gasteiger partial charge is 0.451 e. The molecule has 6 aromatic rings. The quantitative estimate of drug-likeness (QED) is 0.269. The highest BCUT2D eigenvalue weighted by Crippen LogP contribution is 2.36. The number of hydrogen-bond donors (Lipinski definition) is 1. The molecule has 36 heavy (non-hydrogen) atoms. The summed E-state index contributed by atoms with van der Waals surface area (Å²) in [6.07, 6.45) is 1.91. The Labute approximate surface area is 215 Å². The van der Waals surface area contributed by atoms with Crippen LogP contribution < -0.4 is 5.32 Å². The molecule has 0 atom stereocenters. The molecular weight excluding hydrogens is 494 g/mol. The third-order valence-corrected chi connectivity index (χ3v) is 6.90. The van der Waals surface area contributed by atoms with Gasteiger partial charge in [0.1, 0.15) is 11.3 Å². The molecule has 0 fully saturated rings. The monoisotopic (exact) mass is 511 g/mol. The fraction of sp³-hybridized carbons (Fsp3) is 0.0370. The van der Waals surface area contributed by atoms with Crippen LogP contribution in [0.1, 0.15) is 16.1 Å². The van der Waals surface area contributed by atoms with Crippen molar-refractivity contribution in [2.24, 2.45) is 0 Å². The molecule has 0 spiro atoms. The van der Waals surface area contributed by atoms with Crippen molar-refractivity contribution in [3.63, 3.8) is 0 Å². The van der Waals surface area contributed by atoms with Crippen LogP contribution in [0.2, 0.25) is 5.02 Å². The molecule has 3 aromatic carbocycles. The van der Waals surface area contributed by atoms with E-state index in [9.17, 15) is 4.79 Å². The molecule has 1 amide bonds. The summed E-state index contributed by atoms with van der Waals surface area (Å²) in [6, 6.07) is 24.8. The Hall–Kier alpha value is -4.27. The van der Waals surface area contributed by atoms with Gasteiger partial charge in [0.05, 0.1) is 11.3 Å². The average Bonchev–Trinajstić information content (AvgIpc) is 3.63. The first kappa shape index (κ1) is 22.2. The molecule has 3 aromatic heterocycles. The predicted octanol–water partition coefficient (Wildman–Crippen LogP) is 7.02. The summed E-state index contributed by atoms with van der Waals surface area (Å²) in [4.78, 5) is 13.0. The zero-order chi connectivity index (χ0) is 24.6. The number of fused-ring (bicyclic) bond motifs is 1. The number of nitrogens with zero attached hydrogens (tertiary/aromatic N) is 4. The smallest absolute Gasteiger partial charge is 0.293 e. The van der Waals surface area contributed by atoms with E-state index in [-0.39, 0.29) is 11.7 Å². The first-order chi connectivity index (χ1) is 17.6. The Balaban J connectivity index is 1.35. The van der Waals surface area contributed by atoms with E-state index in [1.54, 1.807) is 4.68 Å². The Kier molecular flexibility index (Phi) is 5.59. The van der Waals surface area contributed by atoms with Crippen molar-refractivity contribution in [2.75, 3.05) is 5.32 Å².